The van der Waals surface area contributed by atoms with Crippen LogP contribution >= 0.6 is 0 Å². The molecule has 0 N–H and O–H groups in total. The molecule has 0 saturated carbocycles. The maximum Gasteiger partial charge on any atom is 6.00 e. The van der Waals surface area contributed by atoms with Crippen LogP contribution in [0.1, 0.15) is 79.1 Å². The third-order valence-electron chi connectivity index (χ3n) is 7.41. The smallest absolute Gasteiger partial charge is 0.661 e. The van der Waals surface area contributed by atoms with Crippen LogP contribution in [0, 0.1) is 38.5 Å². The van der Waals surface area contributed by atoms with E-state index in [0.29, 0.717) is 24.2 Å². The number of rotatable bonds is 2. The van der Waals surface area contributed by atoms with Gasteiger partial charge in [-0.1, -0.05) is 79.1 Å². The topological polar surface area (TPSA) is 56.4 Å². The Bertz CT molecular complexity index is 369. The molecule has 0 radical (unpaired) electrons. The molecule has 0 amide bonds. The van der Waals surface area contributed by atoms with Crippen molar-refractivity contribution in [3.8, 4) is 0 Å². The number of nitrogens with zero attached hydrogens (tertiary/aromatic N) is 4. The summed E-state index contributed by atoms with van der Waals surface area (Å²) < 4.78 is 0. The van der Waals surface area contributed by atoms with Crippen LogP contribution in [0.4, 0.5) is 0 Å². The molecular weight excluding hydrogens is 469 g/mol. The van der Waals surface area contributed by atoms with Crippen molar-refractivity contribution in [3.63, 3.8) is 0 Å². The molecule has 0 aromatic heterocycles. The number of piperidine rings is 4. The average molecular weight is 520 g/mol. The molecule has 4 aliphatic heterocycles. The SMILES string of the molecule is CC1CC[N-]C(C2CC(C)CC[N-]2)C1.CC1CC[N-]C(C2CC(C)CC[N-]2)C1.[CH3-].[CH3-].[Ru+6]. The van der Waals surface area contributed by atoms with Gasteiger partial charge < -0.3 is 36.1 Å². The fraction of sp³-hybridized carbons (Fsp3) is 0.923. The molecule has 182 valence electrons. The van der Waals surface area contributed by atoms with E-state index in [-0.39, 0.29) is 34.3 Å². The van der Waals surface area contributed by atoms with Gasteiger partial charge in [0.1, 0.15) is 0 Å². The largest absolute Gasteiger partial charge is 6.00 e. The molecule has 0 aromatic rings. The third-order valence-corrected chi connectivity index (χ3v) is 7.41. The third kappa shape index (κ3) is 10.5. The van der Waals surface area contributed by atoms with Gasteiger partial charge in [-0.25, -0.2) is 0 Å². The fourth-order valence-corrected chi connectivity index (χ4v) is 5.38. The van der Waals surface area contributed by atoms with E-state index in [0.717, 1.165) is 49.9 Å². The van der Waals surface area contributed by atoms with Gasteiger partial charge in [-0.15, -0.1) is 26.2 Å². The Labute approximate surface area is 208 Å². The quantitative estimate of drug-likeness (QED) is 0.267. The molecule has 0 aromatic carbocycles. The summed E-state index contributed by atoms with van der Waals surface area (Å²) in [6.07, 6.45) is 10.3. The molecule has 0 spiro atoms. The van der Waals surface area contributed by atoms with E-state index in [2.05, 4.69) is 27.7 Å². The Hall–Kier alpha value is 0.463. The van der Waals surface area contributed by atoms with Crippen LogP contribution in [0.25, 0.3) is 21.3 Å². The predicted molar refractivity (Wildman–Crippen MR) is 134 cm³/mol. The van der Waals surface area contributed by atoms with Crippen LogP contribution in [-0.4, -0.2) is 50.3 Å². The van der Waals surface area contributed by atoms with E-state index in [1.54, 1.807) is 0 Å². The molecule has 5 heteroatoms. The fourth-order valence-electron chi connectivity index (χ4n) is 5.38. The molecule has 4 rings (SSSR count). The van der Waals surface area contributed by atoms with Gasteiger partial charge in [0.15, 0.2) is 0 Å². The van der Waals surface area contributed by atoms with Crippen LogP contribution in [0.2, 0.25) is 0 Å². The number of hydrogen-bond donors (Lipinski definition) is 0. The molecule has 0 aliphatic carbocycles. The predicted octanol–water partition coefficient (Wildman–Crippen LogP) is 7.56. The zero-order chi connectivity index (χ0) is 19.9. The van der Waals surface area contributed by atoms with Gasteiger partial charge in [-0.05, 0) is 23.7 Å². The minimum atomic E-state index is 0. The van der Waals surface area contributed by atoms with Gasteiger partial charge >= 0.3 is 19.5 Å². The first-order chi connectivity index (χ1) is 13.5. The zero-order valence-electron chi connectivity index (χ0n) is 21.2. The van der Waals surface area contributed by atoms with Crippen LogP contribution in [0.15, 0.2) is 0 Å². The molecule has 8 unspecified atom stereocenters. The second-order valence-electron chi connectivity index (χ2n) is 10.4. The minimum Gasteiger partial charge on any atom is -0.661 e. The van der Waals surface area contributed by atoms with Crippen molar-refractivity contribution in [2.75, 3.05) is 26.2 Å². The van der Waals surface area contributed by atoms with Gasteiger partial charge in [0, 0.05) is 0 Å². The molecule has 4 nitrogen and oxygen atoms in total. The summed E-state index contributed by atoms with van der Waals surface area (Å²) in [5.74, 6) is 3.46. The maximum atomic E-state index is 4.74. The van der Waals surface area contributed by atoms with Crippen molar-refractivity contribution in [3.05, 3.63) is 36.1 Å². The summed E-state index contributed by atoms with van der Waals surface area (Å²) in [5, 5.41) is 19.0. The van der Waals surface area contributed by atoms with Gasteiger partial charge in [-0.3, -0.25) is 0 Å². The van der Waals surface area contributed by atoms with E-state index in [4.69, 9.17) is 21.3 Å². The Kier molecular flexibility index (Phi) is 16.4. The van der Waals surface area contributed by atoms with E-state index in [9.17, 15) is 0 Å². The van der Waals surface area contributed by atoms with E-state index in [1.807, 2.05) is 0 Å². The summed E-state index contributed by atoms with van der Waals surface area (Å²) in [5.41, 5.74) is 0. The summed E-state index contributed by atoms with van der Waals surface area (Å²) >= 11 is 0. The monoisotopic (exact) mass is 520 g/mol. The average Bonchev–Trinajstić information content (AvgIpc) is 2.69. The van der Waals surface area contributed by atoms with Crippen LogP contribution in [0.5, 0.6) is 0 Å². The number of hydrogen-bond acceptors (Lipinski definition) is 0. The minimum absolute atomic E-state index is 0. The first-order valence-corrected chi connectivity index (χ1v) is 12.2. The van der Waals surface area contributed by atoms with Crippen molar-refractivity contribution in [1.82, 2.24) is 0 Å². The van der Waals surface area contributed by atoms with E-state index in [1.165, 1.54) is 51.4 Å². The summed E-state index contributed by atoms with van der Waals surface area (Å²) in [6, 6.07) is 2.23. The van der Waals surface area contributed by atoms with Gasteiger partial charge in [-0.2, -0.15) is 24.2 Å². The molecule has 0 bridgehead atoms. The normalized spacial score (nSPS) is 40.6. The molecule has 31 heavy (non-hydrogen) atoms. The van der Waals surface area contributed by atoms with Crippen LogP contribution in [0.3, 0.4) is 0 Å². The van der Waals surface area contributed by atoms with E-state index >= 15 is 0 Å². The Morgan fingerprint density at radius 1 is 0.419 bits per heavy atom. The Morgan fingerprint density at radius 3 is 0.774 bits per heavy atom. The molecule has 4 saturated heterocycles. The summed E-state index contributed by atoms with van der Waals surface area (Å²) in [4.78, 5) is 0. The van der Waals surface area contributed by atoms with Gasteiger partial charge in [0.25, 0.3) is 0 Å². The van der Waals surface area contributed by atoms with Crippen molar-refractivity contribution in [2.24, 2.45) is 23.7 Å². The summed E-state index contributed by atoms with van der Waals surface area (Å²) in [7, 11) is 0. The first kappa shape index (κ1) is 31.5. The first-order valence-electron chi connectivity index (χ1n) is 12.2. The molecule has 4 aliphatic rings. The Balaban J connectivity index is 0.000000529. The van der Waals surface area contributed by atoms with Crippen molar-refractivity contribution in [2.45, 2.75) is 103 Å². The van der Waals surface area contributed by atoms with Crippen LogP contribution in [-0.2, 0) is 19.5 Å². The van der Waals surface area contributed by atoms with E-state index < -0.39 is 0 Å². The van der Waals surface area contributed by atoms with Gasteiger partial charge in [0.05, 0.1) is 0 Å². The molecular formula is C26H50N4Ru. The van der Waals surface area contributed by atoms with Gasteiger partial charge in [0.2, 0.25) is 0 Å². The van der Waals surface area contributed by atoms with Crippen LogP contribution < -0.4 is 0 Å². The van der Waals surface area contributed by atoms with Crippen molar-refractivity contribution < 1.29 is 19.5 Å². The second-order valence-corrected chi connectivity index (χ2v) is 10.4. The molecule has 8 atom stereocenters. The molecule has 4 fully saturated rings. The van der Waals surface area contributed by atoms with Crippen molar-refractivity contribution >= 4 is 0 Å². The maximum absolute atomic E-state index is 4.74. The Morgan fingerprint density at radius 2 is 0.613 bits per heavy atom. The summed E-state index contributed by atoms with van der Waals surface area (Å²) in [6.45, 7) is 13.7. The zero-order valence-corrected chi connectivity index (χ0v) is 23.0. The molecule has 4 heterocycles. The standard InChI is InChI=1S/2C12H22N2.2CH3.Ru/c2*1-9-3-5-13-11(7-9)12-8-10(2)4-6-14-12;;;/h2*9-12H,3-8H2,1-2H3;2*1H3;/q2*-2;2*-1;+6. The second kappa shape index (κ2) is 16.2. The van der Waals surface area contributed by atoms with Crippen molar-refractivity contribution in [1.29, 1.82) is 0 Å².